The van der Waals surface area contributed by atoms with Crippen molar-refractivity contribution in [2.45, 2.75) is 91.4 Å². The lowest BCUT2D eigenvalue weighted by Crippen LogP contribution is -2.53. The van der Waals surface area contributed by atoms with E-state index in [-0.39, 0.29) is 5.97 Å². The summed E-state index contributed by atoms with van der Waals surface area (Å²) in [5, 5.41) is 0. The normalized spacial score (nSPS) is 46.3. The second-order valence-corrected chi connectivity index (χ2v) is 11.2. The number of carbonyl (C=O) groups is 2. The van der Waals surface area contributed by atoms with E-state index in [1.807, 2.05) is 0 Å². The van der Waals surface area contributed by atoms with Gasteiger partial charge in [-0.05, 0) is 97.7 Å². The topological polar surface area (TPSA) is 43.4 Å². The molecule has 0 heterocycles. The Kier molecular flexibility index (Phi) is 5.42. The van der Waals surface area contributed by atoms with Gasteiger partial charge < -0.3 is 4.74 Å². The molecule has 8 atom stereocenters. The summed E-state index contributed by atoms with van der Waals surface area (Å²) in [6, 6.07) is 0. The molecule has 0 radical (unpaired) electrons. The zero-order valence-electron chi connectivity index (χ0n) is 18.5. The molecule has 0 unspecified atom stereocenters. The van der Waals surface area contributed by atoms with E-state index < -0.39 is 0 Å². The first kappa shape index (κ1) is 20.4. The van der Waals surface area contributed by atoms with E-state index in [0.29, 0.717) is 34.9 Å². The predicted octanol–water partition coefficient (Wildman–Crippen LogP) is 5.80. The quantitative estimate of drug-likeness (QED) is 0.571. The Labute approximate surface area is 171 Å². The smallest absolute Gasteiger partial charge is 0.305 e. The van der Waals surface area contributed by atoms with Crippen molar-refractivity contribution in [2.75, 3.05) is 7.11 Å². The summed E-state index contributed by atoms with van der Waals surface area (Å²) < 4.78 is 4.87. The minimum absolute atomic E-state index is 0.0617. The third-order valence-corrected chi connectivity index (χ3v) is 10.3. The lowest BCUT2D eigenvalue weighted by molar-refractivity contribution is -0.141. The van der Waals surface area contributed by atoms with Crippen LogP contribution >= 0.6 is 0 Å². The summed E-state index contributed by atoms with van der Waals surface area (Å²) >= 11 is 0. The fourth-order valence-electron chi connectivity index (χ4n) is 8.67. The summed E-state index contributed by atoms with van der Waals surface area (Å²) in [6.45, 7) is 7.49. The molecule has 4 aliphatic rings. The van der Waals surface area contributed by atoms with E-state index in [9.17, 15) is 9.59 Å². The number of ether oxygens (including phenoxy) is 1. The minimum Gasteiger partial charge on any atom is -0.469 e. The number of Topliss-reactive ketones (excluding diaryl/α,β-unsaturated/α-hetero) is 1. The standard InChI is InChI=1S/C25H40O3/c1-16(5-10-23(27)28-4)20-8-9-21-19-7-6-17-15-18(26)11-13-24(17,2)22(19)12-14-25(20,21)3/h16-17,19-22H,5-15H2,1-4H3/t16-,17+,19-,20-,21+,22+,24-,25+/m0/s1. The largest absolute Gasteiger partial charge is 0.469 e. The third kappa shape index (κ3) is 3.16. The van der Waals surface area contributed by atoms with Gasteiger partial charge >= 0.3 is 5.97 Å². The van der Waals surface area contributed by atoms with Gasteiger partial charge in [0.15, 0.2) is 0 Å². The van der Waals surface area contributed by atoms with Crippen molar-refractivity contribution in [1.82, 2.24) is 0 Å². The number of rotatable bonds is 4. The van der Waals surface area contributed by atoms with E-state index in [4.69, 9.17) is 4.74 Å². The molecular weight excluding hydrogens is 348 g/mol. The molecule has 0 aromatic carbocycles. The molecule has 4 saturated carbocycles. The van der Waals surface area contributed by atoms with Gasteiger partial charge in [0.2, 0.25) is 0 Å². The van der Waals surface area contributed by atoms with E-state index in [1.165, 1.54) is 45.6 Å². The van der Waals surface area contributed by atoms with E-state index in [2.05, 4.69) is 20.8 Å². The monoisotopic (exact) mass is 388 g/mol. The van der Waals surface area contributed by atoms with Gasteiger partial charge in [0, 0.05) is 19.3 Å². The average Bonchev–Trinajstić information content (AvgIpc) is 3.03. The van der Waals surface area contributed by atoms with Crippen LogP contribution in [0.3, 0.4) is 0 Å². The molecular formula is C25H40O3. The van der Waals surface area contributed by atoms with E-state index in [0.717, 1.165) is 49.4 Å². The molecule has 0 aliphatic heterocycles. The Morgan fingerprint density at radius 2 is 1.82 bits per heavy atom. The van der Waals surface area contributed by atoms with Crippen molar-refractivity contribution in [2.24, 2.45) is 46.3 Å². The predicted molar refractivity (Wildman–Crippen MR) is 111 cm³/mol. The summed E-state index contributed by atoms with van der Waals surface area (Å²) in [6.07, 6.45) is 12.4. The fourth-order valence-corrected chi connectivity index (χ4v) is 8.67. The molecule has 0 N–H and O–H groups in total. The summed E-state index contributed by atoms with van der Waals surface area (Å²) in [7, 11) is 1.50. The van der Waals surface area contributed by atoms with Crippen molar-refractivity contribution in [3.05, 3.63) is 0 Å². The maximum absolute atomic E-state index is 12.1. The molecule has 0 bridgehead atoms. The first-order chi connectivity index (χ1) is 13.3. The Hall–Kier alpha value is -0.860. The van der Waals surface area contributed by atoms with Crippen LogP contribution in [-0.4, -0.2) is 18.9 Å². The SMILES string of the molecule is COC(=O)CC[C@H](C)[C@@H]1CC[C@@H]2[C@@H]3CC[C@@H]4CC(=O)CC[C@]4(C)[C@@H]3CC[C@@]21C. The zero-order valence-corrected chi connectivity index (χ0v) is 18.5. The van der Waals surface area contributed by atoms with Crippen LogP contribution in [0.25, 0.3) is 0 Å². The first-order valence-electron chi connectivity index (χ1n) is 11.9. The second kappa shape index (κ2) is 7.43. The third-order valence-electron chi connectivity index (χ3n) is 10.3. The number of carbonyl (C=O) groups excluding carboxylic acids is 2. The highest BCUT2D eigenvalue weighted by atomic mass is 16.5. The van der Waals surface area contributed by atoms with E-state index in [1.54, 1.807) is 0 Å². The Morgan fingerprint density at radius 3 is 2.57 bits per heavy atom. The molecule has 4 fully saturated rings. The Morgan fingerprint density at radius 1 is 1.07 bits per heavy atom. The minimum atomic E-state index is -0.0617. The van der Waals surface area contributed by atoms with Crippen LogP contribution in [0.4, 0.5) is 0 Å². The maximum atomic E-state index is 12.1. The van der Waals surface area contributed by atoms with Gasteiger partial charge in [-0.1, -0.05) is 20.8 Å². The Balaban J connectivity index is 1.49. The first-order valence-corrected chi connectivity index (χ1v) is 11.9. The molecule has 158 valence electrons. The van der Waals surface area contributed by atoms with Gasteiger partial charge in [-0.15, -0.1) is 0 Å². The van der Waals surface area contributed by atoms with Crippen LogP contribution in [0.1, 0.15) is 91.4 Å². The molecule has 0 aromatic rings. The number of hydrogen-bond acceptors (Lipinski definition) is 3. The molecule has 0 saturated heterocycles. The average molecular weight is 389 g/mol. The lowest BCUT2D eigenvalue weighted by Gasteiger charge is -2.60. The highest BCUT2D eigenvalue weighted by molar-refractivity contribution is 5.79. The van der Waals surface area contributed by atoms with Crippen LogP contribution < -0.4 is 0 Å². The van der Waals surface area contributed by atoms with Crippen molar-refractivity contribution in [1.29, 1.82) is 0 Å². The van der Waals surface area contributed by atoms with Gasteiger partial charge in [0.05, 0.1) is 7.11 Å². The van der Waals surface area contributed by atoms with Crippen LogP contribution in [0.2, 0.25) is 0 Å². The number of hydrogen-bond donors (Lipinski definition) is 0. The Bertz CT molecular complexity index is 627. The van der Waals surface area contributed by atoms with Crippen molar-refractivity contribution in [3.8, 4) is 0 Å². The van der Waals surface area contributed by atoms with Gasteiger partial charge in [0.25, 0.3) is 0 Å². The van der Waals surface area contributed by atoms with Crippen LogP contribution in [-0.2, 0) is 14.3 Å². The van der Waals surface area contributed by atoms with Crippen LogP contribution in [0.15, 0.2) is 0 Å². The molecule has 0 spiro atoms. The number of ketones is 1. The van der Waals surface area contributed by atoms with Crippen molar-refractivity contribution in [3.63, 3.8) is 0 Å². The molecule has 0 aromatic heterocycles. The zero-order chi connectivity index (χ0) is 20.1. The molecule has 3 heteroatoms. The fraction of sp³-hybridized carbons (Fsp3) is 0.920. The molecule has 3 nitrogen and oxygen atoms in total. The van der Waals surface area contributed by atoms with Crippen molar-refractivity contribution >= 4 is 11.8 Å². The summed E-state index contributed by atoms with van der Waals surface area (Å²) in [5.74, 6) is 5.01. The highest BCUT2D eigenvalue weighted by Crippen LogP contribution is 2.68. The summed E-state index contributed by atoms with van der Waals surface area (Å²) in [4.78, 5) is 23.7. The van der Waals surface area contributed by atoms with Gasteiger partial charge in [-0.25, -0.2) is 0 Å². The molecule has 0 amide bonds. The van der Waals surface area contributed by atoms with Crippen LogP contribution in [0, 0.1) is 46.3 Å². The molecule has 4 rings (SSSR count). The van der Waals surface area contributed by atoms with E-state index >= 15 is 0 Å². The van der Waals surface area contributed by atoms with Crippen LogP contribution in [0.5, 0.6) is 0 Å². The maximum Gasteiger partial charge on any atom is 0.305 e. The van der Waals surface area contributed by atoms with Gasteiger partial charge in [-0.3, -0.25) is 9.59 Å². The highest BCUT2D eigenvalue weighted by Gasteiger charge is 2.60. The number of fused-ring (bicyclic) bond motifs is 5. The number of methoxy groups -OCH3 is 1. The summed E-state index contributed by atoms with van der Waals surface area (Å²) in [5.41, 5.74) is 0.858. The van der Waals surface area contributed by atoms with Crippen molar-refractivity contribution < 1.29 is 14.3 Å². The van der Waals surface area contributed by atoms with Gasteiger partial charge in [-0.2, -0.15) is 0 Å². The number of esters is 1. The molecule has 4 aliphatic carbocycles. The second-order valence-electron chi connectivity index (χ2n) is 11.2. The lowest BCUT2D eigenvalue weighted by atomic mass is 9.44. The molecule has 28 heavy (non-hydrogen) atoms. The van der Waals surface area contributed by atoms with Gasteiger partial charge in [0.1, 0.15) is 5.78 Å².